The first-order valence-electron chi connectivity index (χ1n) is 5.53. The maximum atomic E-state index is 12.4. The van der Waals surface area contributed by atoms with Gasteiger partial charge in [0, 0.05) is 11.2 Å². The van der Waals surface area contributed by atoms with Crippen LogP contribution in [0.3, 0.4) is 0 Å². The topological polar surface area (TPSA) is 81.9 Å². The summed E-state index contributed by atoms with van der Waals surface area (Å²) in [7, 11) is 0. The van der Waals surface area contributed by atoms with Gasteiger partial charge in [-0.3, -0.25) is 0 Å². The summed E-state index contributed by atoms with van der Waals surface area (Å²) in [6, 6.07) is 12.9. The van der Waals surface area contributed by atoms with Crippen LogP contribution in [0.4, 0.5) is 11.4 Å². The first-order chi connectivity index (χ1) is 9.76. The predicted octanol–water partition coefficient (Wildman–Crippen LogP) is 2.79. The van der Waals surface area contributed by atoms with Crippen molar-refractivity contribution >= 4 is 34.7 Å². The number of isocyanates is 2. The molecule has 0 saturated heterocycles. The Hall–Kier alpha value is -2.49. The monoisotopic (exact) mass is 284 g/mol. The molecule has 0 N–H and O–H groups in total. The molecule has 0 amide bonds. The largest absolute Gasteiger partial charge is 0.606 e. The van der Waals surface area contributed by atoms with E-state index in [1.165, 1.54) is 12.2 Å². The number of hydrogen-bond donors (Lipinski definition) is 0. The molecule has 0 aliphatic rings. The summed E-state index contributed by atoms with van der Waals surface area (Å²) in [5.74, 6) is 0. The molecular formula is C14H8N2O3S. The van der Waals surface area contributed by atoms with Gasteiger partial charge in [-0.15, -0.1) is 0 Å². The summed E-state index contributed by atoms with van der Waals surface area (Å²) >= 11 is -1.48. The second kappa shape index (κ2) is 6.61. The van der Waals surface area contributed by atoms with Crippen molar-refractivity contribution in [3.63, 3.8) is 0 Å². The van der Waals surface area contributed by atoms with Crippen LogP contribution in [0.1, 0.15) is 0 Å². The van der Waals surface area contributed by atoms with Crippen LogP contribution < -0.4 is 0 Å². The predicted molar refractivity (Wildman–Crippen MR) is 73.1 cm³/mol. The molecule has 0 aromatic heterocycles. The Balaban J connectivity index is 2.38. The van der Waals surface area contributed by atoms with Crippen LogP contribution in [0.15, 0.2) is 68.3 Å². The van der Waals surface area contributed by atoms with Gasteiger partial charge < -0.3 is 4.55 Å². The molecule has 2 aromatic carbocycles. The van der Waals surface area contributed by atoms with Crippen molar-refractivity contribution in [3.05, 3.63) is 48.5 Å². The van der Waals surface area contributed by atoms with Gasteiger partial charge in [-0.05, 0) is 36.4 Å². The molecule has 0 aliphatic carbocycles. The smallest absolute Gasteiger partial charge is 0.240 e. The molecule has 0 radical (unpaired) electrons. The van der Waals surface area contributed by atoms with Gasteiger partial charge in [0.15, 0.2) is 9.79 Å². The van der Waals surface area contributed by atoms with Crippen LogP contribution in [0.2, 0.25) is 0 Å². The van der Waals surface area contributed by atoms with Crippen molar-refractivity contribution in [2.75, 3.05) is 0 Å². The minimum atomic E-state index is -1.48. The number of hydrogen-bond acceptors (Lipinski definition) is 5. The van der Waals surface area contributed by atoms with E-state index >= 15 is 0 Å². The van der Waals surface area contributed by atoms with Crippen molar-refractivity contribution < 1.29 is 14.1 Å². The highest BCUT2D eigenvalue weighted by atomic mass is 32.2. The lowest BCUT2D eigenvalue weighted by atomic mass is 10.3. The van der Waals surface area contributed by atoms with E-state index in [4.69, 9.17) is 0 Å². The molecule has 2 aromatic rings. The van der Waals surface area contributed by atoms with Crippen molar-refractivity contribution in [2.45, 2.75) is 9.79 Å². The maximum absolute atomic E-state index is 12.4. The molecule has 0 heterocycles. The first kappa shape index (κ1) is 13.9. The molecule has 0 saturated carbocycles. The van der Waals surface area contributed by atoms with E-state index < -0.39 is 11.2 Å². The van der Waals surface area contributed by atoms with E-state index in [0.717, 1.165) is 0 Å². The van der Waals surface area contributed by atoms with Crippen LogP contribution in [-0.4, -0.2) is 16.7 Å². The van der Waals surface area contributed by atoms with Crippen molar-refractivity contribution in [2.24, 2.45) is 9.98 Å². The molecule has 0 spiro atoms. The molecule has 5 nitrogen and oxygen atoms in total. The first-order valence-corrected chi connectivity index (χ1v) is 6.68. The Morgan fingerprint density at radius 3 is 2.20 bits per heavy atom. The van der Waals surface area contributed by atoms with Gasteiger partial charge in [0.1, 0.15) is 5.69 Å². The zero-order valence-electron chi connectivity index (χ0n) is 10.1. The molecule has 0 fully saturated rings. The standard InChI is InChI=1S/C14H8N2O3S/c17-9-15-11-5-7-12(8-6-11)20(19)14-4-2-1-3-13(14)16-10-18/h1-8H. The van der Waals surface area contributed by atoms with Gasteiger partial charge in [0.05, 0.1) is 5.69 Å². The Kier molecular flexibility index (Phi) is 4.60. The zero-order chi connectivity index (χ0) is 14.4. The molecule has 0 aliphatic heterocycles. The lowest BCUT2D eigenvalue weighted by Crippen LogP contribution is -2.02. The second-order valence-corrected chi connectivity index (χ2v) is 5.09. The summed E-state index contributed by atoms with van der Waals surface area (Å²) in [6.45, 7) is 0. The fourth-order valence-corrected chi connectivity index (χ4v) is 2.72. The minimum absolute atomic E-state index is 0.316. The van der Waals surface area contributed by atoms with E-state index in [-0.39, 0.29) is 0 Å². The molecule has 6 heteroatoms. The Morgan fingerprint density at radius 1 is 0.900 bits per heavy atom. The van der Waals surface area contributed by atoms with E-state index in [2.05, 4.69) is 9.98 Å². The van der Waals surface area contributed by atoms with Gasteiger partial charge in [-0.2, -0.15) is 9.98 Å². The normalized spacial score (nSPS) is 11.1. The highest BCUT2D eigenvalue weighted by Gasteiger charge is 2.18. The molecule has 1 atom stereocenters. The lowest BCUT2D eigenvalue weighted by Gasteiger charge is -2.11. The number of aliphatic imine (C=N–C) groups is 2. The zero-order valence-corrected chi connectivity index (χ0v) is 11.0. The fourth-order valence-electron chi connectivity index (χ4n) is 1.58. The number of rotatable bonds is 4. The average molecular weight is 284 g/mol. The SMILES string of the molecule is O=C=Nc1ccc([S+]([O-])c2ccccc2N=C=O)cc1. The Bertz CT molecular complexity index is 703. The third-order valence-electron chi connectivity index (χ3n) is 2.46. The van der Waals surface area contributed by atoms with Crippen molar-refractivity contribution in [1.82, 2.24) is 0 Å². The van der Waals surface area contributed by atoms with Gasteiger partial charge in [0.2, 0.25) is 12.2 Å². The van der Waals surface area contributed by atoms with Crippen LogP contribution in [-0.2, 0) is 20.8 Å². The molecule has 1 unspecified atom stereocenters. The summed E-state index contributed by atoms with van der Waals surface area (Å²) in [6.07, 6.45) is 2.87. The number of para-hydroxylation sites is 1. The van der Waals surface area contributed by atoms with Gasteiger partial charge in [-0.25, -0.2) is 9.59 Å². The van der Waals surface area contributed by atoms with Crippen molar-refractivity contribution in [3.8, 4) is 0 Å². The lowest BCUT2D eigenvalue weighted by molar-refractivity contribution is 0.564. The Labute approximate surface area is 117 Å². The molecule has 20 heavy (non-hydrogen) atoms. The number of benzene rings is 2. The molecule has 0 bridgehead atoms. The Morgan fingerprint density at radius 2 is 1.55 bits per heavy atom. The van der Waals surface area contributed by atoms with E-state index in [0.29, 0.717) is 21.2 Å². The highest BCUT2D eigenvalue weighted by Crippen LogP contribution is 2.29. The van der Waals surface area contributed by atoms with E-state index in [1.807, 2.05) is 0 Å². The van der Waals surface area contributed by atoms with Crippen LogP contribution in [0.25, 0.3) is 0 Å². The fraction of sp³-hybridized carbons (Fsp3) is 0. The van der Waals surface area contributed by atoms with Crippen molar-refractivity contribution in [1.29, 1.82) is 0 Å². The molecule has 98 valence electrons. The average Bonchev–Trinajstić information content (AvgIpc) is 2.49. The van der Waals surface area contributed by atoms with E-state index in [1.54, 1.807) is 48.5 Å². The molecule has 2 rings (SSSR count). The minimum Gasteiger partial charge on any atom is -0.606 e. The van der Waals surface area contributed by atoms with Crippen LogP contribution >= 0.6 is 0 Å². The van der Waals surface area contributed by atoms with Gasteiger partial charge in [0.25, 0.3) is 0 Å². The third-order valence-corrected chi connectivity index (χ3v) is 3.90. The van der Waals surface area contributed by atoms with E-state index in [9.17, 15) is 14.1 Å². The molecular weight excluding hydrogens is 276 g/mol. The maximum Gasteiger partial charge on any atom is 0.240 e. The summed E-state index contributed by atoms with van der Waals surface area (Å²) in [4.78, 5) is 28.4. The number of carbonyl (C=O) groups excluding carboxylic acids is 2. The van der Waals surface area contributed by atoms with Crippen LogP contribution in [0, 0.1) is 0 Å². The second-order valence-electron chi connectivity index (χ2n) is 3.64. The summed E-state index contributed by atoms with van der Waals surface area (Å²) < 4.78 is 12.4. The quantitative estimate of drug-likeness (QED) is 0.491. The van der Waals surface area contributed by atoms with Gasteiger partial charge in [-0.1, -0.05) is 12.1 Å². The summed E-state index contributed by atoms with van der Waals surface area (Å²) in [5.41, 5.74) is 0.746. The highest BCUT2D eigenvalue weighted by molar-refractivity contribution is 7.91. The summed E-state index contributed by atoms with van der Waals surface area (Å²) in [5, 5.41) is 0. The third kappa shape index (κ3) is 3.09. The van der Waals surface area contributed by atoms with Crippen LogP contribution in [0.5, 0.6) is 0 Å². The van der Waals surface area contributed by atoms with Gasteiger partial charge >= 0.3 is 0 Å². The number of nitrogens with zero attached hydrogens (tertiary/aromatic N) is 2.